The molecule has 0 spiro atoms. The Morgan fingerprint density at radius 2 is 2.17 bits per heavy atom. The van der Waals surface area contributed by atoms with Gasteiger partial charge in [-0.25, -0.2) is 9.07 Å². The Morgan fingerprint density at radius 1 is 1.34 bits per heavy atom. The van der Waals surface area contributed by atoms with E-state index in [1.165, 1.54) is 28.0 Å². The van der Waals surface area contributed by atoms with Gasteiger partial charge >= 0.3 is 0 Å². The lowest BCUT2D eigenvalue weighted by atomic mass is 9.95. The van der Waals surface area contributed by atoms with E-state index in [-0.39, 0.29) is 35.6 Å². The first-order valence-corrected chi connectivity index (χ1v) is 10.4. The summed E-state index contributed by atoms with van der Waals surface area (Å²) < 4.78 is 26.3. The van der Waals surface area contributed by atoms with Crippen molar-refractivity contribution >= 4 is 40.1 Å². The second-order valence-corrected chi connectivity index (χ2v) is 7.96. The number of carbonyl (C=O) groups is 2. The van der Waals surface area contributed by atoms with Crippen molar-refractivity contribution in [3.8, 4) is 5.69 Å². The van der Waals surface area contributed by atoms with E-state index in [1.54, 1.807) is 18.3 Å². The number of rotatable bonds is 5. The SMILES string of the molecule is CC(O)(C(=O)Nc1cc(F)c2c(N)noc2c1)[C@H]1OCCN(c2ccn(-c3ccnnc3)n2)C1=O. The molecule has 4 heterocycles. The molecule has 4 N–H and O–H groups in total. The highest BCUT2D eigenvalue weighted by Gasteiger charge is 2.49. The van der Waals surface area contributed by atoms with E-state index in [0.29, 0.717) is 11.5 Å². The summed E-state index contributed by atoms with van der Waals surface area (Å²) in [5.74, 6) is -2.26. The molecular formula is C21H19FN8O5. The molecule has 4 aromatic rings. The van der Waals surface area contributed by atoms with Gasteiger partial charge in [-0.05, 0) is 19.1 Å². The van der Waals surface area contributed by atoms with Crippen LogP contribution in [0.5, 0.6) is 0 Å². The average Bonchev–Trinajstić information content (AvgIpc) is 3.47. The molecule has 0 radical (unpaired) electrons. The third-order valence-electron chi connectivity index (χ3n) is 5.56. The number of nitrogens with one attached hydrogen (secondary N) is 1. The quantitative estimate of drug-likeness (QED) is 0.366. The molecule has 1 aromatic carbocycles. The molecule has 0 bridgehead atoms. The lowest BCUT2D eigenvalue weighted by Gasteiger charge is -2.37. The lowest BCUT2D eigenvalue weighted by Crippen LogP contribution is -2.61. The number of nitrogen functional groups attached to an aromatic ring is 1. The standard InChI is InChI=1S/C21H19FN8O5/c1-21(33,20(32)26-11-8-13(22)16-14(9-11)35-28-18(16)23)17-19(31)29(6-7-34-17)15-3-5-30(27-15)12-2-4-24-25-10-12/h2-5,8-10,17,33H,6-7H2,1H3,(H2,23,28)(H,26,32)/t17-,21?/m0/s1. The highest BCUT2D eigenvalue weighted by Crippen LogP contribution is 2.29. The maximum absolute atomic E-state index is 14.4. The Bertz CT molecular complexity index is 1420. The Kier molecular flexibility index (Phi) is 5.37. The first-order valence-electron chi connectivity index (χ1n) is 10.4. The largest absolute Gasteiger partial charge is 0.380 e. The van der Waals surface area contributed by atoms with Gasteiger partial charge in [-0.3, -0.25) is 14.5 Å². The second kappa shape index (κ2) is 8.41. The third-order valence-corrected chi connectivity index (χ3v) is 5.56. The van der Waals surface area contributed by atoms with Crippen molar-refractivity contribution in [1.29, 1.82) is 0 Å². The number of anilines is 3. The van der Waals surface area contributed by atoms with Gasteiger partial charge in [0.1, 0.15) is 11.2 Å². The predicted molar refractivity (Wildman–Crippen MR) is 119 cm³/mol. The molecular weight excluding hydrogens is 463 g/mol. The summed E-state index contributed by atoms with van der Waals surface area (Å²) in [5.41, 5.74) is 3.87. The summed E-state index contributed by atoms with van der Waals surface area (Å²) in [5, 5.41) is 28.7. The molecule has 14 heteroatoms. The monoisotopic (exact) mass is 482 g/mol. The summed E-state index contributed by atoms with van der Waals surface area (Å²) in [6, 6.07) is 5.60. The van der Waals surface area contributed by atoms with Crippen molar-refractivity contribution in [3.05, 3.63) is 48.7 Å². The molecule has 0 aliphatic carbocycles. The number of fused-ring (bicyclic) bond motifs is 1. The summed E-state index contributed by atoms with van der Waals surface area (Å²) in [6.07, 6.45) is 3.10. The molecule has 3 aromatic heterocycles. The molecule has 2 atom stereocenters. The smallest absolute Gasteiger partial charge is 0.260 e. The van der Waals surface area contributed by atoms with E-state index in [1.807, 2.05) is 0 Å². The van der Waals surface area contributed by atoms with E-state index in [0.717, 1.165) is 13.0 Å². The predicted octanol–water partition coefficient (Wildman–Crippen LogP) is 0.646. The number of aromatic nitrogens is 5. The number of aliphatic hydroxyl groups is 1. The van der Waals surface area contributed by atoms with Gasteiger partial charge in [-0.1, -0.05) is 5.16 Å². The minimum Gasteiger partial charge on any atom is -0.380 e. The fourth-order valence-electron chi connectivity index (χ4n) is 3.73. The molecule has 1 saturated heterocycles. The van der Waals surface area contributed by atoms with Crippen LogP contribution in [-0.4, -0.2) is 66.9 Å². The molecule has 13 nitrogen and oxygen atoms in total. The zero-order valence-electron chi connectivity index (χ0n) is 18.3. The number of benzene rings is 1. The Morgan fingerprint density at radius 3 is 2.94 bits per heavy atom. The van der Waals surface area contributed by atoms with Crippen molar-refractivity contribution < 1.29 is 28.3 Å². The molecule has 1 fully saturated rings. The number of amides is 2. The fourth-order valence-corrected chi connectivity index (χ4v) is 3.73. The first kappa shape index (κ1) is 22.4. The van der Waals surface area contributed by atoms with Gasteiger partial charge in [-0.2, -0.15) is 10.2 Å². The van der Waals surface area contributed by atoms with Gasteiger partial charge in [0.2, 0.25) is 0 Å². The first-order chi connectivity index (χ1) is 16.8. The van der Waals surface area contributed by atoms with E-state index in [9.17, 15) is 19.1 Å². The Labute approximate surface area is 196 Å². The van der Waals surface area contributed by atoms with Crippen LogP contribution < -0.4 is 16.0 Å². The molecule has 0 saturated carbocycles. The zero-order valence-corrected chi connectivity index (χ0v) is 18.3. The van der Waals surface area contributed by atoms with Crippen LogP contribution in [0.15, 0.2) is 47.4 Å². The van der Waals surface area contributed by atoms with Crippen LogP contribution >= 0.6 is 0 Å². The van der Waals surface area contributed by atoms with Crippen LogP contribution in [-0.2, 0) is 14.3 Å². The molecule has 35 heavy (non-hydrogen) atoms. The van der Waals surface area contributed by atoms with Crippen molar-refractivity contribution in [2.24, 2.45) is 0 Å². The number of ether oxygens (including phenoxy) is 1. The zero-order chi connectivity index (χ0) is 24.7. The van der Waals surface area contributed by atoms with Crippen molar-refractivity contribution in [2.75, 3.05) is 29.1 Å². The van der Waals surface area contributed by atoms with Crippen LogP contribution in [0.4, 0.5) is 21.7 Å². The van der Waals surface area contributed by atoms with Crippen LogP contribution in [0.25, 0.3) is 16.7 Å². The van der Waals surface area contributed by atoms with Crippen LogP contribution in [0.1, 0.15) is 6.92 Å². The topological polar surface area (TPSA) is 175 Å². The summed E-state index contributed by atoms with van der Waals surface area (Å²) in [6.45, 7) is 1.34. The van der Waals surface area contributed by atoms with Gasteiger partial charge in [-0.15, -0.1) is 5.10 Å². The molecule has 1 aliphatic rings. The highest BCUT2D eigenvalue weighted by molar-refractivity contribution is 6.06. The molecule has 5 rings (SSSR count). The number of hydrogen-bond acceptors (Lipinski definition) is 10. The molecule has 2 amide bonds. The van der Waals surface area contributed by atoms with Gasteiger partial charge in [0.15, 0.2) is 28.9 Å². The minimum atomic E-state index is -2.31. The van der Waals surface area contributed by atoms with Crippen LogP contribution in [0, 0.1) is 5.82 Å². The van der Waals surface area contributed by atoms with E-state index < -0.39 is 29.3 Å². The number of carbonyl (C=O) groups excluding carboxylic acids is 2. The second-order valence-electron chi connectivity index (χ2n) is 7.96. The maximum Gasteiger partial charge on any atom is 0.260 e. The summed E-state index contributed by atoms with van der Waals surface area (Å²) in [7, 11) is 0. The van der Waals surface area contributed by atoms with Crippen molar-refractivity contribution in [1.82, 2.24) is 25.1 Å². The molecule has 1 unspecified atom stereocenters. The number of halogens is 1. The maximum atomic E-state index is 14.4. The van der Waals surface area contributed by atoms with Gasteiger partial charge in [0, 0.05) is 24.0 Å². The lowest BCUT2D eigenvalue weighted by molar-refractivity contribution is -0.165. The van der Waals surface area contributed by atoms with Gasteiger partial charge in [0.25, 0.3) is 11.8 Å². The fraction of sp³-hybridized carbons (Fsp3) is 0.238. The summed E-state index contributed by atoms with van der Waals surface area (Å²) in [4.78, 5) is 27.4. The average molecular weight is 482 g/mol. The van der Waals surface area contributed by atoms with Crippen LogP contribution in [0.2, 0.25) is 0 Å². The van der Waals surface area contributed by atoms with Crippen molar-refractivity contribution in [2.45, 2.75) is 18.6 Å². The van der Waals surface area contributed by atoms with E-state index in [2.05, 4.69) is 25.8 Å². The minimum absolute atomic E-state index is 0.00796. The molecule has 180 valence electrons. The van der Waals surface area contributed by atoms with Gasteiger partial charge in [0.05, 0.1) is 31.2 Å². The number of nitrogens with zero attached hydrogens (tertiary/aromatic N) is 6. The Hall–Kier alpha value is -4.43. The van der Waals surface area contributed by atoms with Crippen molar-refractivity contribution in [3.63, 3.8) is 0 Å². The molecule has 1 aliphatic heterocycles. The number of morpholine rings is 1. The van der Waals surface area contributed by atoms with Crippen LogP contribution in [0.3, 0.4) is 0 Å². The van der Waals surface area contributed by atoms with E-state index >= 15 is 0 Å². The Balaban J connectivity index is 1.35. The summed E-state index contributed by atoms with van der Waals surface area (Å²) >= 11 is 0. The van der Waals surface area contributed by atoms with E-state index in [4.69, 9.17) is 15.0 Å². The highest BCUT2D eigenvalue weighted by atomic mass is 19.1. The number of hydrogen-bond donors (Lipinski definition) is 3. The van der Waals surface area contributed by atoms with Gasteiger partial charge < -0.3 is 25.4 Å². The normalized spacial score (nSPS) is 18.0. The third kappa shape index (κ3) is 3.94. The number of nitrogens with two attached hydrogens (primary N) is 1.